The van der Waals surface area contributed by atoms with Gasteiger partial charge in [0.1, 0.15) is 15.9 Å². The Bertz CT molecular complexity index is 1150. The van der Waals surface area contributed by atoms with E-state index in [-0.39, 0.29) is 16.7 Å². The molecule has 2 aliphatic carbocycles. The minimum Gasteiger partial charge on any atom is -0.744 e. The highest BCUT2D eigenvalue weighted by atomic mass is 127. The molecule has 0 bridgehead atoms. The molecular weight excluding hydrogens is 769 g/mol. The number of ether oxygens (including phenoxy) is 1. The number of rotatable bonds is 5. The molecule has 172 valence electrons. The van der Waals surface area contributed by atoms with Crippen LogP contribution >= 0.6 is 67.8 Å². The van der Waals surface area contributed by atoms with Gasteiger partial charge in [-0.15, -0.1) is 0 Å². The first-order valence-electron chi connectivity index (χ1n) is 10.7. The van der Waals surface area contributed by atoms with Gasteiger partial charge >= 0.3 is 5.97 Å². The lowest BCUT2D eigenvalue weighted by molar-refractivity contribution is 0.0731. The first-order chi connectivity index (χ1) is 15.1. The quantitative estimate of drug-likeness (QED) is 0.108. The van der Waals surface area contributed by atoms with Gasteiger partial charge in [0.15, 0.2) is 0 Å². The van der Waals surface area contributed by atoms with Crippen LogP contribution in [-0.2, 0) is 10.1 Å². The van der Waals surface area contributed by atoms with E-state index in [1.165, 1.54) is 6.07 Å². The third kappa shape index (κ3) is 5.46. The molecule has 0 heterocycles. The summed E-state index contributed by atoms with van der Waals surface area (Å²) >= 11 is 6.52. The summed E-state index contributed by atoms with van der Waals surface area (Å²) in [6.45, 7) is 0. The number of benzene rings is 2. The van der Waals surface area contributed by atoms with Crippen molar-refractivity contribution < 1.29 is 22.5 Å². The van der Waals surface area contributed by atoms with Gasteiger partial charge in [0.05, 0.1) is 10.5 Å². The molecule has 0 spiro atoms. The Balaban J connectivity index is 1.82. The van der Waals surface area contributed by atoms with Crippen LogP contribution in [0.2, 0.25) is 0 Å². The fourth-order valence-corrected chi connectivity index (χ4v) is 8.03. The smallest absolute Gasteiger partial charge is 0.344 e. The molecule has 2 aromatic carbocycles. The minimum atomic E-state index is -4.63. The van der Waals surface area contributed by atoms with E-state index in [4.69, 9.17) is 4.74 Å². The lowest BCUT2D eigenvalue weighted by Gasteiger charge is -2.23. The summed E-state index contributed by atoms with van der Waals surface area (Å²) in [5.41, 5.74) is 1.67. The second-order valence-corrected chi connectivity index (χ2v) is 13.3. The van der Waals surface area contributed by atoms with Crippen LogP contribution in [0.3, 0.4) is 0 Å². The highest BCUT2D eigenvalue weighted by Crippen LogP contribution is 2.45. The summed E-state index contributed by atoms with van der Waals surface area (Å²) < 4.78 is 45.2. The molecule has 9 heteroatoms. The van der Waals surface area contributed by atoms with Crippen LogP contribution in [0, 0.1) is 10.7 Å². The molecule has 0 radical (unpaired) electrons. The van der Waals surface area contributed by atoms with E-state index in [0.29, 0.717) is 22.4 Å². The van der Waals surface area contributed by atoms with Crippen molar-refractivity contribution in [1.29, 1.82) is 0 Å². The molecule has 0 amide bonds. The minimum absolute atomic E-state index is 0.00237. The van der Waals surface area contributed by atoms with Crippen molar-refractivity contribution in [3.63, 3.8) is 0 Å². The van der Waals surface area contributed by atoms with Crippen molar-refractivity contribution >= 4 is 83.9 Å². The number of esters is 1. The normalized spacial score (nSPS) is 17.8. The molecule has 0 unspecified atom stereocenters. The van der Waals surface area contributed by atoms with Gasteiger partial charge in [-0.2, -0.15) is 0 Å². The topological polar surface area (TPSA) is 83.5 Å². The standard InChI is InChI=1S/C23H23I3O5S/c24-15-9-18(22(26)19(25)10-15)23(27)31-20-11-17(14-7-3-4-8-14)21(32(28,29)30)12-16(20)13-5-1-2-6-13/h9-14H,1-8H2,(H,28,29,30)/p-1. The SMILES string of the molecule is O=C(Oc1cc(C2CCCC2)c(S(=O)(=O)[O-])cc1C1CCCC1)c1cc(I)cc(I)c1I. The summed E-state index contributed by atoms with van der Waals surface area (Å²) in [5, 5.41) is 0. The zero-order valence-corrected chi connectivity index (χ0v) is 24.5. The molecule has 32 heavy (non-hydrogen) atoms. The molecule has 0 N–H and O–H groups in total. The first-order valence-corrected chi connectivity index (χ1v) is 15.3. The van der Waals surface area contributed by atoms with Crippen LogP contribution < -0.4 is 4.74 Å². The summed E-state index contributed by atoms with van der Waals surface area (Å²) in [5.74, 6) is 0.0367. The first kappa shape index (κ1) is 25.1. The third-order valence-electron chi connectivity index (χ3n) is 6.42. The highest BCUT2D eigenvalue weighted by molar-refractivity contribution is 14.1. The van der Waals surface area contributed by atoms with Crippen LogP contribution in [-0.4, -0.2) is 18.9 Å². The average Bonchev–Trinajstić information content (AvgIpc) is 3.43. The fourth-order valence-electron chi connectivity index (χ4n) is 4.87. The van der Waals surface area contributed by atoms with Gasteiger partial charge in [-0.1, -0.05) is 25.7 Å². The molecule has 0 saturated heterocycles. The Morgan fingerprint density at radius 1 is 0.875 bits per heavy atom. The predicted molar refractivity (Wildman–Crippen MR) is 146 cm³/mol. The van der Waals surface area contributed by atoms with Crippen LogP contribution in [0.5, 0.6) is 5.75 Å². The van der Waals surface area contributed by atoms with Crippen LogP contribution in [0.1, 0.15) is 84.7 Å². The van der Waals surface area contributed by atoms with Crippen molar-refractivity contribution in [3.05, 3.63) is 51.7 Å². The maximum Gasteiger partial charge on any atom is 0.344 e. The Morgan fingerprint density at radius 2 is 1.44 bits per heavy atom. The summed E-state index contributed by atoms with van der Waals surface area (Å²) in [4.78, 5) is 13.1. The predicted octanol–water partition coefficient (Wildman–Crippen LogP) is 6.94. The van der Waals surface area contributed by atoms with Crippen LogP contribution in [0.25, 0.3) is 0 Å². The zero-order chi connectivity index (χ0) is 23.0. The number of carbonyl (C=O) groups is 1. The van der Waals surface area contributed by atoms with Gasteiger partial charge in [0, 0.05) is 10.7 Å². The molecule has 2 aliphatic rings. The van der Waals surface area contributed by atoms with Crippen molar-refractivity contribution in [2.75, 3.05) is 0 Å². The Labute approximate surface area is 229 Å². The number of hydrogen-bond acceptors (Lipinski definition) is 5. The van der Waals surface area contributed by atoms with Gasteiger partial charge in [-0.3, -0.25) is 0 Å². The summed E-state index contributed by atoms with van der Waals surface area (Å²) in [6, 6.07) is 6.99. The van der Waals surface area contributed by atoms with E-state index in [9.17, 15) is 17.8 Å². The Hall–Kier alpha value is 0.0100. The Morgan fingerprint density at radius 3 is 2.00 bits per heavy atom. The summed E-state index contributed by atoms with van der Waals surface area (Å²) in [7, 11) is -4.63. The Kier molecular flexibility index (Phi) is 8.10. The summed E-state index contributed by atoms with van der Waals surface area (Å²) in [6.07, 6.45) is 7.54. The van der Waals surface area contributed by atoms with Crippen LogP contribution in [0.4, 0.5) is 0 Å². The fraction of sp³-hybridized carbons (Fsp3) is 0.435. The second kappa shape index (κ2) is 10.3. The molecular formula is C23H22I3O5S-. The molecule has 2 saturated carbocycles. The van der Waals surface area contributed by atoms with E-state index >= 15 is 0 Å². The van der Waals surface area contributed by atoms with Crippen molar-refractivity contribution in [2.24, 2.45) is 0 Å². The molecule has 0 atom stereocenters. The van der Waals surface area contributed by atoms with Crippen molar-refractivity contribution in [1.82, 2.24) is 0 Å². The third-order valence-corrected chi connectivity index (χ3v) is 11.0. The van der Waals surface area contributed by atoms with E-state index < -0.39 is 16.1 Å². The lowest BCUT2D eigenvalue weighted by atomic mass is 9.91. The number of hydrogen-bond donors (Lipinski definition) is 0. The van der Waals surface area contributed by atoms with Gasteiger partial charge in [0.2, 0.25) is 0 Å². The van der Waals surface area contributed by atoms with E-state index in [0.717, 1.165) is 62.1 Å². The number of halogens is 3. The molecule has 0 aromatic heterocycles. The second-order valence-electron chi connectivity index (χ2n) is 8.48. The highest BCUT2D eigenvalue weighted by Gasteiger charge is 2.29. The van der Waals surface area contributed by atoms with Gasteiger partial charge in [-0.25, -0.2) is 13.2 Å². The van der Waals surface area contributed by atoms with E-state index in [2.05, 4.69) is 67.8 Å². The molecule has 4 rings (SSSR count). The van der Waals surface area contributed by atoms with E-state index in [1.54, 1.807) is 12.1 Å². The average molecular weight is 791 g/mol. The molecule has 5 nitrogen and oxygen atoms in total. The van der Waals surface area contributed by atoms with Crippen LogP contribution in [0.15, 0.2) is 29.2 Å². The molecule has 2 fully saturated rings. The molecule has 2 aromatic rings. The van der Waals surface area contributed by atoms with E-state index in [1.807, 2.05) is 6.07 Å². The van der Waals surface area contributed by atoms with Gasteiger partial charge < -0.3 is 9.29 Å². The maximum atomic E-state index is 13.2. The number of carbonyl (C=O) groups excluding carboxylic acids is 1. The van der Waals surface area contributed by atoms with Gasteiger partial charge in [-0.05, 0) is 141 Å². The van der Waals surface area contributed by atoms with Crippen molar-refractivity contribution in [2.45, 2.75) is 68.1 Å². The monoisotopic (exact) mass is 791 g/mol. The van der Waals surface area contributed by atoms with Crippen molar-refractivity contribution in [3.8, 4) is 5.75 Å². The maximum absolute atomic E-state index is 13.2. The molecule has 0 aliphatic heterocycles. The zero-order valence-electron chi connectivity index (χ0n) is 17.2. The van der Waals surface area contributed by atoms with Gasteiger partial charge in [0.25, 0.3) is 0 Å². The lowest BCUT2D eigenvalue weighted by Crippen LogP contribution is -2.15. The largest absolute Gasteiger partial charge is 0.744 e.